The highest BCUT2D eigenvalue weighted by Crippen LogP contribution is 2.30. The van der Waals surface area contributed by atoms with Gasteiger partial charge in [0, 0.05) is 18.1 Å². The summed E-state index contributed by atoms with van der Waals surface area (Å²) in [5.41, 5.74) is 1.04. The van der Waals surface area contributed by atoms with Gasteiger partial charge >= 0.3 is 0 Å². The second-order valence-electron chi connectivity index (χ2n) is 3.94. The number of aryl methyl sites for hydroxylation is 1. The quantitative estimate of drug-likeness (QED) is 0.903. The van der Waals surface area contributed by atoms with Crippen LogP contribution in [-0.4, -0.2) is 16.3 Å². The van der Waals surface area contributed by atoms with E-state index in [2.05, 4.69) is 23.4 Å². The number of thiophene rings is 1. The molecule has 1 unspecified atom stereocenters. The van der Waals surface area contributed by atoms with Crippen LogP contribution in [0.4, 0.5) is 0 Å². The molecule has 3 nitrogen and oxygen atoms in total. The summed E-state index contributed by atoms with van der Waals surface area (Å²) in [6, 6.07) is 6.19. The van der Waals surface area contributed by atoms with Crippen LogP contribution in [0.1, 0.15) is 30.0 Å². The molecule has 0 radical (unpaired) electrons. The van der Waals surface area contributed by atoms with Crippen LogP contribution >= 0.6 is 22.9 Å². The molecule has 0 aliphatic rings. The second-order valence-corrected chi connectivity index (χ2v) is 5.69. The third-order valence-corrected chi connectivity index (χ3v) is 3.80. The lowest BCUT2D eigenvalue weighted by molar-refractivity contribution is 0.582. The van der Waals surface area contributed by atoms with Crippen LogP contribution in [0.15, 0.2) is 24.4 Å². The van der Waals surface area contributed by atoms with Crippen molar-refractivity contribution in [3.63, 3.8) is 0 Å². The Kier molecular flexibility index (Phi) is 4.20. The molecule has 0 saturated carbocycles. The minimum atomic E-state index is 0.147. The van der Waals surface area contributed by atoms with Gasteiger partial charge in [-0.05, 0) is 31.2 Å². The van der Waals surface area contributed by atoms with E-state index in [0.717, 1.165) is 23.0 Å². The molecule has 1 N–H and O–H groups in total. The van der Waals surface area contributed by atoms with Crippen LogP contribution in [-0.2, 0) is 7.05 Å². The molecule has 0 fully saturated rings. The Hall–Kier alpha value is -0.840. The van der Waals surface area contributed by atoms with Gasteiger partial charge in [-0.15, -0.1) is 11.3 Å². The summed E-state index contributed by atoms with van der Waals surface area (Å²) in [5.74, 6) is 0. The lowest BCUT2D eigenvalue weighted by Gasteiger charge is -2.14. The third kappa shape index (κ3) is 3.09. The van der Waals surface area contributed by atoms with Crippen molar-refractivity contribution in [2.24, 2.45) is 7.05 Å². The average molecular weight is 270 g/mol. The monoisotopic (exact) mass is 269 g/mol. The number of nitrogens with zero attached hydrogens (tertiary/aromatic N) is 2. The summed E-state index contributed by atoms with van der Waals surface area (Å²) in [6.07, 6.45) is 3.06. The van der Waals surface area contributed by atoms with Crippen molar-refractivity contribution in [3.05, 3.63) is 39.3 Å². The molecule has 1 atom stereocenters. The van der Waals surface area contributed by atoms with Gasteiger partial charge in [0.1, 0.15) is 0 Å². The fourth-order valence-electron chi connectivity index (χ4n) is 1.71. The largest absolute Gasteiger partial charge is 0.304 e. The van der Waals surface area contributed by atoms with Gasteiger partial charge in [-0.3, -0.25) is 4.68 Å². The van der Waals surface area contributed by atoms with E-state index in [4.69, 9.17) is 11.6 Å². The molecular weight excluding hydrogens is 254 g/mol. The standard InChI is InChI=1S/C12H16ClN3S/c1-3-7-14-12(9-6-8-16(2)15-9)10-4-5-11(13)17-10/h4-6,8,12,14H,3,7H2,1-2H3. The fraction of sp³-hybridized carbons (Fsp3) is 0.417. The number of nitrogens with one attached hydrogen (secondary N) is 1. The van der Waals surface area contributed by atoms with Gasteiger partial charge < -0.3 is 5.32 Å². The molecule has 0 aliphatic carbocycles. The van der Waals surface area contributed by atoms with Crippen LogP contribution in [0.2, 0.25) is 4.34 Å². The van der Waals surface area contributed by atoms with Gasteiger partial charge in [-0.1, -0.05) is 18.5 Å². The highest BCUT2D eigenvalue weighted by atomic mass is 35.5. The molecule has 0 aliphatic heterocycles. The van der Waals surface area contributed by atoms with Crippen LogP contribution in [0, 0.1) is 0 Å². The molecule has 92 valence electrons. The smallest absolute Gasteiger partial charge is 0.0931 e. The average Bonchev–Trinajstić information content (AvgIpc) is 2.89. The molecule has 0 bridgehead atoms. The minimum absolute atomic E-state index is 0.147. The van der Waals surface area contributed by atoms with Crippen molar-refractivity contribution in [1.29, 1.82) is 0 Å². The van der Waals surface area contributed by atoms with Crippen molar-refractivity contribution in [3.8, 4) is 0 Å². The zero-order chi connectivity index (χ0) is 12.3. The van der Waals surface area contributed by atoms with Crippen LogP contribution in [0.3, 0.4) is 0 Å². The summed E-state index contributed by atoms with van der Waals surface area (Å²) in [4.78, 5) is 1.21. The molecule has 0 aromatic carbocycles. The maximum Gasteiger partial charge on any atom is 0.0931 e. The Morgan fingerprint density at radius 1 is 1.47 bits per heavy atom. The minimum Gasteiger partial charge on any atom is -0.304 e. The van der Waals surface area contributed by atoms with E-state index in [1.807, 2.05) is 30.1 Å². The van der Waals surface area contributed by atoms with E-state index in [1.54, 1.807) is 11.3 Å². The molecule has 0 spiro atoms. The summed E-state index contributed by atoms with van der Waals surface area (Å²) in [5, 5.41) is 7.97. The molecule has 2 aromatic heterocycles. The normalized spacial score (nSPS) is 12.9. The number of aromatic nitrogens is 2. The third-order valence-electron chi connectivity index (χ3n) is 2.51. The molecule has 2 aromatic rings. The topological polar surface area (TPSA) is 29.9 Å². The number of halogens is 1. The maximum atomic E-state index is 6.00. The van der Waals surface area contributed by atoms with Gasteiger partial charge in [0.15, 0.2) is 0 Å². The van der Waals surface area contributed by atoms with Crippen LogP contribution in [0.25, 0.3) is 0 Å². The predicted octanol–water partition coefficient (Wildman–Crippen LogP) is 3.22. The number of hydrogen-bond donors (Lipinski definition) is 1. The number of rotatable bonds is 5. The first kappa shape index (κ1) is 12.6. The fourth-order valence-corrected chi connectivity index (χ4v) is 2.86. The predicted molar refractivity (Wildman–Crippen MR) is 72.7 cm³/mol. The molecular formula is C12H16ClN3S. The molecule has 2 heterocycles. The lowest BCUT2D eigenvalue weighted by Crippen LogP contribution is -2.22. The Morgan fingerprint density at radius 2 is 2.29 bits per heavy atom. The van der Waals surface area contributed by atoms with Crippen molar-refractivity contribution in [2.75, 3.05) is 6.54 Å². The van der Waals surface area contributed by atoms with E-state index < -0.39 is 0 Å². The van der Waals surface area contributed by atoms with Gasteiger partial charge in [0.2, 0.25) is 0 Å². The van der Waals surface area contributed by atoms with E-state index in [0.29, 0.717) is 0 Å². The first-order valence-corrected chi connectivity index (χ1v) is 6.88. The molecule has 5 heteroatoms. The van der Waals surface area contributed by atoms with Crippen LogP contribution in [0.5, 0.6) is 0 Å². The molecule has 0 amide bonds. The highest BCUT2D eigenvalue weighted by molar-refractivity contribution is 7.16. The molecule has 0 saturated heterocycles. The van der Waals surface area contributed by atoms with E-state index in [9.17, 15) is 0 Å². The van der Waals surface area contributed by atoms with Gasteiger partial charge in [-0.2, -0.15) is 5.10 Å². The Balaban J connectivity index is 2.24. The maximum absolute atomic E-state index is 6.00. The number of hydrogen-bond acceptors (Lipinski definition) is 3. The van der Waals surface area contributed by atoms with E-state index in [-0.39, 0.29) is 6.04 Å². The van der Waals surface area contributed by atoms with Gasteiger partial charge in [0.25, 0.3) is 0 Å². The molecule has 17 heavy (non-hydrogen) atoms. The summed E-state index contributed by atoms with van der Waals surface area (Å²) >= 11 is 7.60. The highest BCUT2D eigenvalue weighted by Gasteiger charge is 2.17. The lowest BCUT2D eigenvalue weighted by atomic mass is 10.1. The van der Waals surface area contributed by atoms with Gasteiger partial charge in [0.05, 0.1) is 16.1 Å². The first-order chi connectivity index (χ1) is 8.20. The Labute approximate surface area is 110 Å². The van der Waals surface area contributed by atoms with Crippen molar-refractivity contribution < 1.29 is 0 Å². The summed E-state index contributed by atoms with van der Waals surface area (Å²) < 4.78 is 2.64. The van der Waals surface area contributed by atoms with E-state index >= 15 is 0 Å². The van der Waals surface area contributed by atoms with Crippen LogP contribution < -0.4 is 5.32 Å². The van der Waals surface area contributed by atoms with Crippen molar-refractivity contribution >= 4 is 22.9 Å². The second kappa shape index (κ2) is 5.67. The summed E-state index contributed by atoms with van der Waals surface area (Å²) in [7, 11) is 1.93. The zero-order valence-corrected chi connectivity index (χ0v) is 11.6. The SMILES string of the molecule is CCCNC(c1ccn(C)n1)c1ccc(Cl)s1. The first-order valence-electron chi connectivity index (χ1n) is 5.69. The summed E-state index contributed by atoms with van der Waals surface area (Å²) in [6.45, 7) is 3.13. The van der Waals surface area contributed by atoms with Crippen molar-refractivity contribution in [1.82, 2.24) is 15.1 Å². The Morgan fingerprint density at radius 3 is 2.82 bits per heavy atom. The molecule has 2 rings (SSSR count). The zero-order valence-electron chi connectivity index (χ0n) is 9.98. The van der Waals surface area contributed by atoms with Gasteiger partial charge in [-0.25, -0.2) is 0 Å². The Bertz CT molecular complexity index is 437. The van der Waals surface area contributed by atoms with Crippen molar-refractivity contribution in [2.45, 2.75) is 19.4 Å². The van der Waals surface area contributed by atoms with E-state index in [1.165, 1.54) is 4.88 Å².